The van der Waals surface area contributed by atoms with Crippen LogP contribution in [0.3, 0.4) is 0 Å². The molecule has 2 heterocycles. The van der Waals surface area contributed by atoms with Crippen LogP contribution in [0.25, 0.3) is 9.88 Å². The van der Waals surface area contributed by atoms with Crippen LogP contribution in [0.15, 0.2) is 41.1 Å². The van der Waals surface area contributed by atoms with E-state index in [1.807, 2.05) is 35.7 Å². The number of fused-ring (bicyclic) bond motifs is 1. The lowest BCUT2D eigenvalue weighted by Gasteiger charge is -2.07. The van der Waals surface area contributed by atoms with Gasteiger partial charge in [0.05, 0.1) is 4.88 Å². The third kappa shape index (κ3) is 3.68. The van der Waals surface area contributed by atoms with Crippen molar-refractivity contribution in [2.75, 3.05) is 11.9 Å². The Kier molecular flexibility index (Phi) is 4.81. The number of esters is 1. The van der Waals surface area contributed by atoms with Crippen LogP contribution >= 0.6 is 22.7 Å². The van der Waals surface area contributed by atoms with E-state index in [0.717, 1.165) is 34.8 Å². The van der Waals surface area contributed by atoms with E-state index in [4.69, 9.17) is 4.74 Å². The Morgan fingerprint density at radius 3 is 2.88 bits per heavy atom. The maximum atomic E-state index is 12.1. The van der Waals surface area contributed by atoms with Gasteiger partial charge in [-0.15, -0.1) is 22.7 Å². The number of hydrogen-bond acceptors (Lipinski definition) is 6. The van der Waals surface area contributed by atoms with Crippen LogP contribution in [-0.4, -0.2) is 23.5 Å². The molecule has 1 amide bonds. The molecule has 0 bridgehead atoms. The van der Waals surface area contributed by atoms with Gasteiger partial charge in [-0.1, -0.05) is 12.1 Å². The molecule has 132 valence electrons. The summed E-state index contributed by atoms with van der Waals surface area (Å²) in [4.78, 5) is 29.4. The molecule has 1 N–H and O–H groups in total. The van der Waals surface area contributed by atoms with Crippen molar-refractivity contribution in [1.82, 2.24) is 4.98 Å². The lowest BCUT2D eigenvalue weighted by atomic mass is 10.1. The summed E-state index contributed by atoms with van der Waals surface area (Å²) in [5.74, 6) is -0.946. The summed E-state index contributed by atoms with van der Waals surface area (Å²) in [7, 11) is 0. The molecule has 5 nitrogen and oxygen atoms in total. The molecule has 0 radical (unpaired) electrons. The predicted molar refractivity (Wildman–Crippen MR) is 103 cm³/mol. The topological polar surface area (TPSA) is 68.3 Å². The number of ether oxygens (including phenoxy) is 1. The number of nitrogens with zero attached hydrogens (tertiary/aromatic N) is 1. The highest BCUT2D eigenvalue weighted by atomic mass is 32.1. The van der Waals surface area contributed by atoms with Crippen molar-refractivity contribution in [3.8, 4) is 9.88 Å². The normalized spacial score (nSPS) is 12.6. The molecule has 0 saturated heterocycles. The molecule has 1 aliphatic rings. The second-order valence-electron chi connectivity index (χ2n) is 5.98. The van der Waals surface area contributed by atoms with Gasteiger partial charge in [0.2, 0.25) is 0 Å². The molecule has 0 saturated carbocycles. The number of aromatic nitrogens is 1. The van der Waals surface area contributed by atoms with E-state index < -0.39 is 5.97 Å². The van der Waals surface area contributed by atoms with Gasteiger partial charge in [-0.2, -0.15) is 0 Å². The highest BCUT2D eigenvalue weighted by Gasteiger charge is 2.16. The first-order valence-corrected chi connectivity index (χ1v) is 10.0. The first-order valence-electron chi connectivity index (χ1n) is 8.27. The molecule has 1 aromatic carbocycles. The zero-order valence-electron chi connectivity index (χ0n) is 13.9. The van der Waals surface area contributed by atoms with Gasteiger partial charge in [0.1, 0.15) is 5.01 Å². The van der Waals surface area contributed by atoms with Crippen LogP contribution in [0.1, 0.15) is 28.0 Å². The first-order chi connectivity index (χ1) is 12.7. The lowest BCUT2D eigenvalue weighted by molar-refractivity contribution is -0.119. The predicted octanol–water partition coefficient (Wildman–Crippen LogP) is 4.16. The van der Waals surface area contributed by atoms with Crippen molar-refractivity contribution < 1.29 is 14.3 Å². The van der Waals surface area contributed by atoms with Crippen LogP contribution in [0.2, 0.25) is 0 Å². The van der Waals surface area contributed by atoms with Crippen molar-refractivity contribution >= 4 is 40.2 Å². The van der Waals surface area contributed by atoms with Crippen LogP contribution in [0, 0.1) is 0 Å². The summed E-state index contributed by atoms with van der Waals surface area (Å²) in [6.07, 6.45) is 3.30. The maximum absolute atomic E-state index is 12.1. The van der Waals surface area contributed by atoms with E-state index in [9.17, 15) is 9.59 Å². The minimum absolute atomic E-state index is 0.226. The second-order valence-corrected chi connectivity index (χ2v) is 7.78. The number of hydrogen-bond donors (Lipinski definition) is 1. The zero-order chi connectivity index (χ0) is 17.9. The van der Waals surface area contributed by atoms with Gasteiger partial charge < -0.3 is 10.1 Å². The number of nitrogens with one attached hydrogen (secondary N) is 1. The average molecular weight is 384 g/mol. The van der Waals surface area contributed by atoms with Crippen molar-refractivity contribution in [3.05, 3.63) is 57.9 Å². The molecule has 1 aliphatic carbocycles. The standard InChI is InChI=1S/C19H16N2O3S2/c22-17(20-14-7-6-12-3-1-4-13(12)9-14)10-24-19(23)15-11-26-18(21-15)16-5-2-8-25-16/h2,5-9,11H,1,3-4,10H2,(H,20,22). The molecule has 26 heavy (non-hydrogen) atoms. The van der Waals surface area contributed by atoms with Gasteiger partial charge in [-0.3, -0.25) is 4.79 Å². The Morgan fingerprint density at radius 2 is 2.04 bits per heavy atom. The monoisotopic (exact) mass is 384 g/mol. The minimum Gasteiger partial charge on any atom is -0.451 e. The number of thiazole rings is 1. The van der Waals surface area contributed by atoms with Crippen molar-refractivity contribution in [2.45, 2.75) is 19.3 Å². The molecule has 0 unspecified atom stereocenters. The smallest absolute Gasteiger partial charge is 0.358 e. The zero-order valence-corrected chi connectivity index (χ0v) is 15.5. The van der Waals surface area contributed by atoms with Gasteiger partial charge in [0.25, 0.3) is 5.91 Å². The number of carbonyl (C=O) groups is 2. The van der Waals surface area contributed by atoms with Gasteiger partial charge in [0.15, 0.2) is 12.3 Å². The SMILES string of the molecule is O=C(COC(=O)c1csc(-c2cccs2)n1)Nc1ccc2c(c1)CCC2. The summed E-state index contributed by atoms with van der Waals surface area (Å²) < 4.78 is 5.08. The fourth-order valence-corrected chi connectivity index (χ4v) is 4.54. The lowest BCUT2D eigenvalue weighted by Crippen LogP contribution is -2.21. The summed E-state index contributed by atoms with van der Waals surface area (Å²) >= 11 is 2.94. The number of thiophene rings is 1. The second kappa shape index (κ2) is 7.39. The van der Waals surface area contributed by atoms with Gasteiger partial charge in [-0.05, 0) is 54.0 Å². The maximum Gasteiger partial charge on any atom is 0.358 e. The van der Waals surface area contributed by atoms with Crippen molar-refractivity contribution in [1.29, 1.82) is 0 Å². The summed E-state index contributed by atoms with van der Waals surface area (Å²) in [5.41, 5.74) is 3.59. The molecule has 0 aliphatic heterocycles. The van der Waals surface area contributed by atoms with E-state index in [-0.39, 0.29) is 18.2 Å². The molecule has 0 spiro atoms. The van der Waals surface area contributed by atoms with E-state index in [0.29, 0.717) is 0 Å². The summed E-state index contributed by atoms with van der Waals surface area (Å²) in [6.45, 7) is -0.332. The quantitative estimate of drug-likeness (QED) is 0.671. The fourth-order valence-electron chi connectivity index (χ4n) is 2.93. The molecular weight excluding hydrogens is 368 g/mol. The first kappa shape index (κ1) is 16.9. The fraction of sp³-hybridized carbons (Fsp3) is 0.211. The third-order valence-electron chi connectivity index (χ3n) is 4.16. The third-order valence-corrected chi connectivity index (χ3v) is 6.04. The highest BCUT2D eigenvalue weighted by Crippen LogP contribution is 2.28. The molecular formula is C19H16N2O3S2. The van der Waals surface area contributed by atoms with E-state index in [1.54, 1.807) is 16.7 Å². The number of anilines is 1. The number of aryl methyl sites for hydroxylation is 2. The molecule has 2 aromatic heterocycles. The molecule has 0 atom stereocenters. The molecule has 4 rings (SSSR count). The van der Waals surface area contributed by atoms with E-state index in [1.165, 1.54) is 22.5 Å². The van der Waals surface area contributed by atoms with Crippen molar-refractivity contribution in [2.24, 2.45) is 0 Å². The molecule has 3 aromatic rings. The summed E-state index contributed by atoms with van der Waals surface area (Å²) in [6, 6.07) is 9.81. The minimum atomic E-state index is -0.590. The Balaban J connectivity index is 1.32. The van der Waals surface area contributed by atoms with Crippen LogP contribution in [0.5, 0.6) is 0 Å². The summed E-state index contributed by atoms with van der Waals surface area (Å²) in [5, 5.41) is 7.15. The van der Waals surface area contributed by atoms with E-state index in [2.05, 4.69) is 10.3 Å². The Bertz CT molecular complexity index is 948. The van der Waals surface area contributed by atoms with Gasteiger partial charge in [0, 0.05) is 11.1 Å². The number of amides is 1. The van der Waals surface area contributed by atoms with Crippen LogP contribution in [0.4, 0.5) is 5.69 Å². The van der Waals surface area contributed by atoms with Gasteiger partial charge in [-0.25, -0.2) is 9.78 Å². The molecule has 0 fully saturated rings. The largest absolute Gasteiger partial charge is 0.451 e. The number of carbonyl (C=O) groups excluding carboxylic acids is 2. The Labute approximate surface area is 158 Å². The van der Waals surface area contributed by atoms with Crippen molar-refractivity contribution in [3.63, 3.8) is 0 Å². The average Bonchev–Trinajstić information content (AvgIpc) is 3.39. The Morgan fingerprint density at radius 1 is 1.15 bits per heavy atom. The molecule has 7 heteroatoms. The van der Waals surface area contributed by atoms with E-state index >= 15 is 0 Å². The van der Waals surface area contributed by atoms with Crippen LogP contribution in [-0.2, 0) is 22.4 Å². The Hall–Kier alpha value is -2.51. The number of rotatable bonds is 5. The van der Waals surface area contributed by atoms with Gasteiger partial charge >= 0.3 is 5.97 Å². The number of benzene rings is 1. The highest BCUT2D eigenvalue weighted by molar-refractivity contribution is 7.20. The van der Waals surface area contributed by atoms with Crippen LogP contribution < -0.4 is 5.32 Å².